The van der Waals surface area contributed by atoms with Gasteiger partial charge in [0.2, 0.25) is 5.91 Å². The van der Waals surface area contributed by atoms with E-state index in [9.17, 15) is 9.18 Å². The van der Waals surface area contributed by atoms with Gasteiger partial charge in [-0.1, -0.05) is 24.4 Å². The van der Waals surface area contributed by atoms with Crippen LogP contribution in [0.4, 0.5) is 4.39 Å². The summed E-state index contributed by atoms with van der Waals surface area (Å²) in [4.78, 5) is 16.3. The van der Waals surface area contributed by atoms with Gasteiger partial charge in [0.25, 0.3) is 5.89 Å². The lowest BCUT2D eigenvalue weighted by molar-refractivity contribution is -0.126. The molecule has 0 atom stereocenters. The fourth-order valence-electron chi connectivity index (χ4n) is 2.71. The summed E-state index contributed by atoms with van der Waals surface area (Å²) in [5.41, 5.74) is 0.652. The highest BCUT2D eigenvalue weighted by Gasteiger charge is 2.21. The summed E-state index contributed by atoms with van der Waals surface area (Å²) < 4.78 is 18.0. The Kier molecular flexibility index (Phi) is 4.46. The van der Waals surface area contributed by atoms with Crippen LogP contribution in [0.25, 0.3) is 11.5 Å². The van der Waals surface area contributed by atoms with Crippen molar-refractivity contribution in [1.82, 2.24) is 15.5 Å². The Bertz CT molecular complexity index is 633. The van der Waals surface area contributed by atoms with E-state index in [4.69, 9.17) is 4.52 Å². The van der Waals surface area contributed by atoms with Gasteiger partial charge in [-0.15, -0.1) is 0 Å². The fraction of sp³-hybridized carbons (Fsp3) is 0.438. The van der Waals surface area contributed by atoms with Gasteiger partial charge < -0.3 is 9.84 Å². The molecule has 1 heterocycles. The highest BCUT2D eigenvalue weighted by atomic mass is 19.1. The molecule has 0 spiro atoms. The molecular weight excluding hydrogens is 285 g/mol. The van der Waals surface area contributed by atoms with E-state index in [1.54, 1.807) is 12.1 Å². The molecule has 0 unspecified atom stereocenters. The molecule has 1 aromatic heterocycles. The first-order chi connectivity index (χ1) is 10.7. The molecule has 1 amide bonds. The number of hydrogen-bond donors (Lipinski definition) is 1. The third-order valence-electron chi connectivity index (χ3n) is 3.96. The molecule has 1 N–H and O–H groups in total. The molecule has 1 aromatic carbocycles. The molecule has 1 aliphatic rings. The Hall–Kier alpha value is -2.24. The highest BCUT2D eigenvalue weighted by molar-refractivity contribution is 5.78. The Morgan fingerprint density at radius 1 is 1.23 bits per heavy atom. The molecular formula is C16H18FN3O2. The predicted octanol–water partition coefficient (Wildman–Crippen LogP) is 3.07. The van der Waals surface area contributed by atoms with E-state index in [0.29, 0.717) is 17.3 Å². The summed E-state index contributed by atoms with van der Waals surface area (Å²) in [7, 11) is 0. The largest absolute Gasteiger partial charge is 0.348 e. The number of aromatic nitrogens is 2. The molecule has 0 radical (unpaired) electrons. The van der Waals surface area contributed by atoms with Gasteiger partial charge >= 0.3 is 0 Å². The van der Waals surface area contributed by atoms with Gasteiger partial charge in [-0.05, 0) is 37.1 Å². The van der Waals surface area contributed by atoms with E-state index in [1.807, 2.05) is 0 Å². The number of carbonyl (C=O) groups excluding carboxylic acids is 1. The molecule has 1 fully saturated rings. The molecule has 1 aliphatic carbocycles. The topological polar surface area (TPSA) is 68.0 Å². The van der Waals surface area contributed by atoms with Gasteiger partial charge in [-0.25, -0.2) is 4.39 Å². The first kappa shape index (κ1) is 14.7. The quantitative estimate of drug-likeness (QED) is 0.942. The zero-order valence-electron chi connectivity index (χ0n) is 12.2. The second-order valence-corrected chi connectivity index (χ2v) is 5.58. The van der Waals surface area contributed by atoms with Crippen LogP contribution in [0.2, 0.25) is 0 Å². The normalized spacial score (nSPS) is 15.7. The zero-order valence-corrected chi connectivity index (χ0v) is 12.2. The van der Waals surface area contributed by atoms with Gasteiger partial charge in [0.15, 0.2) is 5.82 Å². The lowest BCUT2D eigenvalue weighted by Crippen LogP contribution is -2.31. The van der Waals surface area contributed by atoms with Crippen LogP contribution >= 0.6 is 0 Å². The number of halogens is 1. The van der Waals surface area contributed by atoms with Crippen LogP contribution < -0.4 is 5.32 Å². The molecule has 116 valence electrons. The summed E-state index contributed by atoms with van der Waals surface area (Å²) in [5, 5.41) is 6.70. The van der Waals surface area contributed by atoms with Crippen LogP contribution in [0.5, 0.6) is 0 Å². The third-order valence-corrected chi connectivity index (χ3v) is 3.96. The van der Waals surface area contributed by atoms with Gasteiger partial charge in [0.05, 0.1) is 6.54 Å². The van der Waals surface area contributed by atoms with Crippen molar-refractivity contribution in [2.45, 2.75) is 38.6 Å². The van der Waals surface area contributed by atoms with Crippen LogP contribution in [0, 0.1) is 11.7 Å². The van der Waals surface area contributed by atoms with Crippen molar-refractivity contribution < 1.29 is 13.7 Å². The highest BCUT2D eigenvalue weighted by Crippen LogP contribution is 2.23. The fourth-order valence-corrected chi connectivity index (χ4v) is 2.71. The minimum absolute atomic E-state index is 0.0628. The van der Waals surface area contributed by atoms with Crippen molar-refractivity contribution in [2.75, 3.05) is 0 Å². The molecule has 0 saturated heterocycles. The first-order valence-corrected chi connectivity index (χ1v) is 7.58. The number of nitrogens with one attached hydrogen (secondary N) is 1. The van der Waals surface area contributed by atoms with Crippen LogP contribution in [0.1, 0.15) is 37.9 Å². The average molecular weight is 303 g/mol. The third kappa shape index (κ3) is 3.50. The van der Waals surface area contributed by atoms with Crippen LogP contribution in [-0.4, -0.2) is 16.0 Å². The Morgan fingerprint density at radius 2 is 1.95 bits per heavy atom. The van der Waals surface area contributed by atoms with Gasteiger partial charge in [0.1, 0.15) is 5.82 Å². The Labute approximate surface area is 127 Å². The smallest absolute Gasteiger partial charge is 0.257 e. The van der Waals surface area contributed by atoms with E-state index in [1.165, 1.54) is 18.6 Å². The molecule has 0 aliphatic heterocycles. The molecule has 6 heteroatoms. The standard InChI is InChI=1S/C16H18FN3O2/c17-13-8-6-12(7-9-13)16-19-14(20-22-16)10-18-15(21)11-4-2-1-3-5-11/h6-9,11H,1-5,10H2,(H,18,21). The number of nitrogens with zero attached hydrogens (tertiary/aromatic N) is 2. The predicted molar refractivity (Wildman–Crippen MR) is 78.1 cm³/mol. The minimum atomic E-state index is -0.316. The van der Waals surface area contributed by atoms with E-state index in [2.05, 4.69) is 15.5 Å². The Morgan fingerprint density at radius 3 is 2.68 bits per heavy atom. The summed E-state index contributed by atoms with van der Waals surface area (Å²) in [6.07, 6.45) is 5.37. The molecule has 5 nitrogen and oxygen atoms in total. The summed E-state index contributed by atoms with van der Waals surface area (Å²) >= 11 is 0. The zero-order chi connectivity index (χ0) is 15.4. The van der Waals surface area contributed by atoms with Gasteiger partial charge in [0, 0.05) is 11.5 Å². The molecule has 22 heavy (non-hydrogen) atoms. The van der Waals surface area contributed by atoms with Crippen molar-refractivity contribution in [3.63, 3.8) is 0 Å². The Balaban J connectivity index is 1.57. The summed E-state index contributed by atoms with van der Waals surface area (Å²) in [6.45, 7) is 0.250. The lowest BCUT2D eigenvalue weighted by atomic mass is 9.89. The first-order valence-electron chi connectivity index (χ1n) is 7.58. The van der Waals surface area contributed by atoms with Gasteiger partial charge in [-0.2, -0.15) is 4.98 Å². The maximum Gasteiger partial charge on any atom is 0.257 e. The second-order valence-electron chi connectivity index (χ2n) is 5.58. The molecule has 3 rings (SSSR count). The SMILES string of the molecule is O=C(NCc1noc(-c2ccc(F)cc2)n1)C1CCCCC1. The maximum absolute atomic E-state index is 12.9. The molecule has 2 aromatic rings. The van der Waals surface area contributed by atoms with E-state index in [-0.39, 0.29) is 24.2 Å². The van der Waals surface area contributed by atoms with E-state index < -0.39 is 0 Å². The maximum atomic E-state index is 12.9. The van der Waals surface area contributed by atoms with Crippen molar-refractivity contribution in [3.05, 3.63) is 35.9 Å². The van der Waals surface area contributed by atoms with Crippen molar-refractivity contribution >= 4 is 5.91 Å². The van der Waals surface area contributed by atoms with Crippen LogP contribution in [-0.2, 0) is 11.3 Å². The summed E-state index contributed by atoms with van der Waals surface area (Å²) in [5.74, 6) is 0.596. The lowest BCUT2D eigenvalue weighted by Gasteiger charge is -2.20. The monoisotopic (exact) mass is 303 g/mol. The van der Waals surface area contributed by atoms with Crippen molar-refractivity contribution in [3.8, 4) is 11.5 Å². The minimum Gasteiger partial charge on any atom is -0.348 e. The van der Waals surface area contributed by atoms with E-state index in [0.717, 1.165) is 25.7 Å². The number of benzene rings is 1. The van der Waals surface area contributed by atoms with Gasteiger partial charge in [-0.3, -0.25) is 4.79 Å². The molecule has 0 bridgehead atoms. The molecule has 1 saturated carbocycles. The summed E-state index contributed by atoms with van der Waals surface area (Å²) in [6, 6.07) is 5.83. The van der Waals surface area contributed by atoms with E-state index >= 15 is 0 Å². The number of carbonyl (C=O) groups is 1. The van der Waals surface area contributed by atoms with Crippen molar-refractivity contribution in [1.29, 1.82) is 0 Å². The number of amides is 1. The second kappa shape index (κ2) is 6.68. The van der Waals surface area contributed by atoms with Crippen molar-refractivity contribution in [2.24, 2.45) is 5.92 Å². The number of hydrogen-bond acceptors (Lipinski definition) is 4. The average Bonchev–Trinajstić information content (AvgIpc) is 3.03. The number of rotatable bonds is 4. The van der Waals surface area contributed by atoms with Crippen LogP contribution in [0.15, 0.2) is 28.8 Å². The van der Waals surface area contributed by atoms with Crippen LogP contribution in [0.3, 0.4) is 0 Å².